The average Bonchev–Trinajstić information content (AvgIpc) is 3.38. The first-order valence-electron chi connectivity index (χ1n) is 9.16. The van der Waals surface area contributed by atoms with Gasteiger partial charge in [-0.05, 0) is 38.1 Å². The van der Waals surface area contributed by atoms with E-state index in [1.807, 2.05) is 38.1 Å². The molecule has 3 aromatic rings. The van der Waals surface area contributed by atoms with Gasteiger partial charge < -0.3 is 14.2 Å². The Kier molecular flexibility index (Phi) is 4.68. The summed E-state index contributed by atoms with van der Waals surface area (Å²) in [6.45, 7) is 5.66. The fraction of sp³-hybridized carbons (Fsp3) is 0.300. The molecule has 8 heteroatoms. The Morgan fingerprint density at radius 1 is 0.929 bits per heavy atom. The molecule has 0 unspecified atom stereocenters. The molecular formula is C20H21N5O3. The van der Waals surface area contributed by atoms with E-state index in [0.717, 1.165) is 11.3 Å². The van der Waals surface area contributed by atoms with Gasteiger partial charge in [0.1, 0.15) is 0 Å². The van der Waals surface area contributed by atoms with Gasteiger partial charge in [-0.25, -0.2) is 4.68 Å². The highest BCUT2D eigenvalue weighted by Crippen LogP contribution is 2.16. The quantitative estimate of drug-likeness (QED) is 0.696. The molecule has 28 heavy (non-hydrogen) atoms. The molecule has 1 aromatic carbocycles. The summed E-state index contributed by atoms with van der Waals surface area (Å²) in [4.78, 5) is 28.7. The summed E-state index contributed by atoms with van der Waals surface area (Å²) < 4.78 is 6.84. The number of hydrogen-bond donors (Lipinski definition) is 0. The Balaban J connectivity index is 1.44. The van der Waals surface area contributed by atoms with Crippen molar-refractivity contribution in [3.8, 4) is 5.69 Å². The smallest absolute Gasteiger partial charge is 0.289 e. The number of aryl methyl sites for hydroxylation is 1. The second-order valence-corrected chi connectivity index (χ2v) is 6.83. The van der Waals surface area contributed by atoms with Gasteiger partial charge in [0.25, 0.3) is 11.8 Å². The zero-order valence-electron chi connectivity index (χ0n) is 15.8. The maximum absolute atomic E-state index is 12.9. The van der Waals surface area contributed by atoms with Gasteiger partial charge in [0.2, 0.25) is 0 Å². The van der Waals surface area contributed by atoms with Crippen molar-refractivity contribution in [1.82, 2.24) is 24.8 Å². The number of rotatable bonds is 3. The maximum Gasteiger partial charge on any atom is 0.289 e. The van der Waals surface area contributed by atoms with Crippen molar-refractivity contribution in [3.63, 3.8) is 0 Å². The Morgan fingerprint density at radius 2 is 1.57 bits per heavy atom. The number of aromatic nitrogens is 3. The summed E-state index contributed by atoms with van der Waals surface area (Å²) >= 11 is 0. The van der Waals surface area contributed by atoms with Crippen LogP contribution in [-0.2, 0) is 0 Å². The van der Waals surface area contributed by atoms with Gasteiger partial charge >= 0.3 is 0 Å². The van der Waals surface area contributed by atoms with Crippen molar-refractivity contribution in [1.29, 1.82) is 0 Å². The molecule has 144 valence electrons. The van der Waals surface area contributed by atoms with Crippen LogP contribution in [0.25, 0.3) is 5.69 Å². The molecule has 1 fully saturated rings. The van der Waals surface area contributed by atoms with E-state index >= 15 is 0 Å². The minimum Gasteiger partial charge on any atom is -0.459 e. The average molecular weight is 379 g/mol. The molecule has 0 spiro atoms. The minimum atomic E-state index is -0.166. The molecular weight excluding hydrogens is 358 g/mol. The van der Waals surface area contributed by atoms with E-state index in [1.165, 1.54) is 6.26 Å². The van der Waals surface area contributed by atoms with Gasteiger partial charge in [-0.3, -0.25) is 9.59 Å². The number of benzene rings is 1. The van der Waals surface area contributed by atoms with E-state index in [2.05, 4.69) is 10.3 Å². The monoisotopic (exact) mass is 379 g/mol. The van der Waals surface area contributed by atoms with Crippen LogP contribution in [-0.4, -0.2) is 62.8 Å². The van der Waals surface area contributed by atoms with E-state index in [1.54, 1.807) is 26.6 Å². The van der Waals surface area contributed by atoms with Crippen LogP contribution in [0.2, 0.25) is 0 Å². The lowest BCUT2D eigenvalue weighted by atomic mass is 10.2. The highest BCUT2D eigenvalue weighted by molar-refractivity contribution is 5.94. The molecule has 0 bridgehead atoms. The number of hydrogen-bond acceptors (Lipinski definition) is 5. The Labute approximate surface area is 162 Å². The SMILES string of the molecule is Cc1ccc(-n2nnc(C(=O)N3CCN(C(=O)c4ccco4)CC3)c2C)cc1. The standard InChI is InChI=1S/C20H21N5O3/c1-14-5-7-16(8-6-14)25-15(2)18(21-22-25)20(27)24-11-9-23(10-12-24)19(26)17-4-3-13-28-17/h3-8,13H,9-12H2,1-2H3. The van der Waals surface area contributed by atoms with E-state index in [9.17, 15) is 9.59 Å². The number of carbonyl (C=O) groups excluding carboxylic acids is 2. The molecule has 1 aliphatic rings. The highest BCUT2D eigenvalue weighted by atomic mass is 16.3. The number of nitrogens with zero attached hydrogens (tertiary/aromatic N) is 5. The summed E-state index contributed by atoms with van der Waals surface area (Å²) in [5.74, 6) is -0.00350. The van der Waals surface area contributed by atoms with Gasteiger partial charge in [0, 0.05) is 26.2 Å². The first kappa shape index (κ1) is 18.0. The third-order valence-electron chi connectivity index (χ3n) is 4.96. The molecule has 2 amide bonds. The summed E-state index contributed by atoms with van der Waals surface area (Å²) in [6, 6.07) is 11.2. The van der Waals surface area contributed by atoms with Crippen LogP contribution in [0, 0.1) is 13.8 Å². The second-order valence-electron chi connectivity index (χ2n) is 6.83. The lowest BCUT2D eigenvalue weighted by Crippen LogP contribution is -2.50. The van der Waals surface area contributed by atoms with Gasteiger partial charge in [0.15, 0.2) is 11.5 Å². The molecule has 0 N–H and O–H groups in total. The van der Waals surface area contributed by atoms with Crippen LogP contribution in [0.15, 0.2) is 47.1 Å². The Bertz CT molecular complexity index is 984. The second kappa shape index (κ2) is 7.30. The minimum absolute atomic E-state index is 0.154. The van der Waals surface area contributed by atoms with Gasteiger partial charge in [-0.15, -0.1) is 5.10 Å². The predicted octanol–water partition coefficient (Wildman–Crippen LogP) is 2.08. The molecule has 4 rings (SSSR count). The molecule has 0 atom stereocenters. The highest BCUT2D eigenvalue weighted by Gasteiger charge is 2.29. The van der Waals surface area contributed by atoms with Crippen LogP contribution in [0.4, 0.5) is 0 Å². The summed E-state index contributed by atoms with van der Waals surface area (Å²) in [5.41, 5.74) is 3.05. The maximum atomic E-state index is 12.9. The first-order chi connectivity index (χ1) is 13.5. The fourth-order valence-corrected chi connectivity index (χ4v) is 3.28. The number of furan rings is 1. The molecule has 0 radical (unpaired) electrons. The van der Waals surface area contributed by atoms with Crippen molar-refractivity contribution in [3.05, 3.63) is 65.4 Å². The Morgan fingerprint density at radius 3 is 2.18 bits per heavy atom. The summed E-state index contributed by atoms with van der Waals surface area (Å²) in [7, 11) is 0. The largest absolute Gasteiger partial charge is 0.459 e. The van der Waals surface area contributed by atoms with E-state index < -0.39 is 0 Å². The number of carbonyl (C=O) groups is 2. The van der Waals surface area contributed by atoms with Crippen molar-refractivity contribution in [2.75, 3.05) is 26.2 Å². The summed E-state index contributed by atoms with van der Waals surface area (Å²) in [6.07, 6.45) is 1.48. The van der Waals surface area contributed by atoms with Crippen LogP contribution >= 0.6 is 0 Å². The molecule has 0 saturated carbocycles. The van der Waals surface area contributed by atoms with Crippen LogP contribution in [0.5, 0.6) is 0 Å². The van der Waals surface area contributed by atoms with Crippen molar-refractivity contribution >= 4 is 11.8 Å². The van der Waals surface area contributed by atoms with Crippen molar-refractivity contribution < 1.29 is 14.0 Å². The van der Waals surface area contributed by atoms with Crippen LogP contribution < -0.4 is 0 Å². The van der Waals surface area contributed by atoms with E-state index in [4.69, 9.17) is 4.42 Å². The van der Waals surface area contributed by atoms with Gasteiger partial charge in [-0.1, -0.05) is 22.9 Å². The molecule has 3 heterocycles. The topological polar surface area (TPSA) is 84.5 Å². The van der Waals surface area contributed by atoms with Crippen molar-refractivity contribution in [2.45, 2.75) is 13.8 Å². The molecule has 1 saturated heterocycles. The third-order valence-corrected chi connectivity index (χ3v) is 4.96. The van der Waals surface area contributed by atoms with E-state index in [-0.39, 0.29) is 11.8 Å². The van der Waals surface area contributed by atoms with E-state index in [0.29, 0.717) is 43.3 Å². The number of amides is 2. The lowest BCUT2D eigenvalue weighted by molar-refractivity contribution is 0.0514. The normalized spacial score (nSPS) is 14.4. The summed E-state index contributed by atoms with van der Waals surface area (Å²) in [5, 5.41) is 8.26. The zero-order chi connectivity index (χ0) is 19.7. The molecule has 2 aromatic heterocycles. The zero-order valence-corrected chi connectivity index (χ0v) is 15.8. The molecule has 8 nitrogen and oxygen atoms in total. The Hall–Kier alpha value is -3.42. The van der Waals surface area contributed by atoms with Gasteiger partial charge in [0.05, 0.1) is 17.6 Å². The lowest BCUT2D eigenvalue weighted by Gasteiger charge is -2.34. The number of piperazine rings is 1. The first-order valence-corrected chi connectivity index (χ1v) is 9.16. The van der Waals surface area contributed by atoms with Crippen LogP contribution in [0.1, 0.15) is 32.3 Å². The van der Waals surface area contributed by atoms with Crippen molar-refractivity contribution in [2.24, 2.45) is 0 Å². The molecule has 0 aliphatic carbocycles. The fourth-order valence-electron chi connectivity index (χ4n) is 3.28. The molecule has 1 aliphatic heterocycles. The van der Waals surface area contributed by atoms with Gasteiger partial charge in [-0.2, -0.15) is 0 Å². The third kappa shape index (κ3) is 3.28. The van der Waals surface area contributed by atoms with Crippen LogP contribution in [0.3, 0.4) is 0 Å². The predicted molar refractivity (Wildman–Crippen MR) is 101 cm³/mol.